The number of nitrogens with one attached hydrogen (secondary N) is 2. The van der Waals surface area contributed by atoms with E-state index in [-0.39, 0.29) is 36.5 Å². The number of carbonyl (C=O) groups excluding carboxylic acids is 1. The van der Waals surface area contributed by atoms with Crippen LogP contribution in [-0.2, 0) is 24.8 Å². The first kappa shape index (κ1) is 22.8. The molecule has 0 radical (unpaired) electrons. The Hall–Kier alpha value is -1.53. The first-order valence-corrected chi connectivity index (χ1v) is 12.4. The SMILES string of the molecule is COCCNS(=O)(=O)c1ccc(C(=O)N2CCCC[C@H]2CNS(C)(=O)=O)cc1. The normalized spacial score (nSPS) is 18.2. The lowest BCUT2D eigenvalue weighted by molar-refractivity contribution is 0.0618. The maximum atomic E-state index is 12.9. The lowest BCUT2D eigenvalue weighted by Gasteiger charge is -2.35. The number of likely N-dealkylation sites (tertiary alicyclic amines) is 1. The van der Waals surface area contributed by atoms with Crippen LogP contribution in [0.3, 0.4) is 0 Å². The van der Waals surface area contributed by atoms with Gasteiger partial charge in [-0.05, 0) is 43.5 Å². The van der Waals surface area contributed by atoms with Gasteiger partial charge in [-0.1, -0.05) is 0 Å². The molecule has 1 heterocycles. The van der Waals surface area contributed by atoms with E-state index in [1.807, 2.05) is 0 Å². The first-order valence-electron chi connectivity index (χ1n) is 8.98. The highest BCUT2D eigenvalue weighted by Crippen LogP contribution is 2.20. The third-order valence-corrected chi connectivity index (χ3v) is 6.65. The van der Waals surface area contributed by atoms with Crippen molar-refractivity contribution in [3.8, 4) is 0 Å². The summed E-state index contributed by atoms with van der Waals surface area (Å²) in [6.45, 7) is 1.12. The minimum atomic E-state index is -3.67. The summed E-state index contributed by atoms with van der Waals surface area (Å²) < 4.78 is 56.8. The molecule has 2 rings (SSSR count). The van der Waals surface area contributed by atoms with Gasteiger partial charge in [0.2, 0.25) is 20.0 Å². The Balaban J connectivity index is 2.10. The molecular weight excluding hydrogens is 406 g/mol. The number of hydrogen-bond acceptors (Lipinski definition) is 6. The van der Waals surface area contributed by atoms with E-state index in [1.165, 1.54) is 31.4 Å². The number of methoxy groups -OCH3 is 1. The second-order valence-corrected chi connectivity index (χ2v) is 10.3. The van der Waals surface area contributed by atoms with Crippen molar-refractivity contribution in [2.45, 2.75) is 30.2 Å². The van der Waals surface area contributed by atoms with Crippen LogP contribution in [-0.4, -0.2) is 73.3 Å². The predicted octanol–water partition coefficient (Wildman–Crippen LogP) is 0.155. The van der Waals surface area contributed by atoms with Crippen LogP contribution >= 0.6 is 0 Å². The van der Waals surface area contributed by atoms with Crippen LogP contribution in [0.25, 0.3) is 0 Å². The minimum Gasteiger partial charge on any atom is -0.383 e. The quantitative estimate of drug-likeness (QED) is 0.535. The summed E-state index contributed by atoms with van der Waals surface area (Å²) in [4.78, 5) is 14.6. The summed E-state index contributed by atoms with van der Waals surface area (Å²) in [7, 11) is -5.53. The van der Waals surface area contributed by atoms with E-state index in [0.717, 1.165) is 19.1 Å². The van der Waals surface area contributed by atoms with E-state index in [0.29, 0.717) is 18.5 Å². The van der Waals surface area contributed by atoms with Gasteiger partial charge in [-0.15, -0.1) is 0 Å². The fourth-order valence-corrected chi connectivity index (χ4v) is 4.54. The Labute approximate surface area is 166 Å². The van der Waals surface area contributed by atoms with Gasteiger partial charge in [0.25, 0.3) is 5.91 Å². The summed E-state index contributed by atoms with van der Waals surface area (Å²) in [6, 6.07) is 5.49. The van der Waals surface area contributed by atoms with Crippen LogP contribution in [0.2, 0.25) is 0 Å². The van der Waals surface area contributed by atoms with Crippen LogP contribution in [0.4, 0.5) is 0 Å². The number of hydrogen-bond donors (Lipinski definition) is 2. The lowest BCUT2D eigenvalue weighted by atomic mass is 10.0. The monoisotopic (exact) mass is 433 g/mol. The Morgan fingerprint density at radius 2 is 1.82 bits per heavy atom. The van der Waals surface area contributed by atoms with E-state index in [9.17, 15) is 21.6 Å². The zero-order chi connectivity index (χ0) is 20.8. The first-order chi connectivity index (χ1) is 13.1. The molecule has 1 saturated heterocycles. The molecule has 0 saturated carbocycles. The van der Waals surface area contributed by atoms with Crippen LogP contribution in [0.15, 0.2) is 29.2 Å². The van der Waals surface area contributed by atoms with Gasteiger partial charge < -0.3 is 9.64 Å². The van der Waals surface area contributed by atoms with E-state index in [4.69, 9.17) is 4.74 Å². The number of ether oxygens (including phenoxy) is 1. The van der Waals surface area contributed by atoms with Crippen molar-refractivity contribution >= 4 is 26.0 Å². The molecule has 1 atom stereocenters. The summed E-state index contributed by atoms with van der Waals surface area (Å²) in [5, 5.41) is 0. The van der Waals surface area contributed by atoms with Gasteiger partial charge in [-0.2, -0.15) is 0 Å². The number of carbonyl (C=O) groups is 1. The lowest BCUT2D eigenvalue weighted by Crippen LogP contribution is -2.49. The smallest absolute Gasteiger partial charge is 0.254 e. The highest BCUT2D eigenvalue weighted by Gasteiger charge is 2.28. The summed E-state index contributed by atoms with van der Waals surface area (Å²) in [6.07, 6.45) is 3.56. The summed E-state index contributed by atoms with van der Waals surface area (Å²) in [5.41, 5.74) is 0.363. The average Bonchev–Trinajstić information content (AvgIpc) is 2.66. The third-order valence-electron chi connectivity index (χ3n) is 4.48. The van der Waals surface area contributed by atoms with Crippen molar-refractivity contribution in [1.82, 2.24) is 14.3 Å². The zero-order valence-electron chi connectivity index (χ0n) is 16.0. The average molecular weight is 434 g/mol. The van der Waals surface area contributed by atoms with Gasteiger partial charge in [0.05, 0.1) is 17.8 Å². The van der Waals surface area contributed by atoms with Gasteiger partial charge in [0.1, 0.15) is 0 Å². The van der Waals surface area contributed by atoms with Crippen LogP contribution < -0.4 is 9.44 Å². The van der Waals surface area contributed by atoms with Crippen molar-refractivity contribution in [2.24, 2.45) is 0 Å². The molecule has 1 aliphatic heterocycles. The van der Waals surface area contributed by atoms with E-state index < -0.39 is 20.0 Å². The number of nitrogens with zero attached hydrogens (tertiary/aromatic N) is 1. The molecule has 158 valence electrons. The molecule has 11 heteroatoms. The minimum absolute atomic E-state index is 0.0640. The zero-order valence-corrected chi connectivity index (χ0v) is 17.7. The number of rotatable bonds is 9. The van der Waals surface area contributed by atoms with Crippen molar-refractivity contribution in [1.29, 1.82) is 0 Å². The Morgan fingerprint density at radius 1 is 1.14 bits per heavy atom. The molecule has 9 nitrogen and oxygen atoms in total. The van der Waals surface area contributed by atoms with Crippen molar-refractivity contribution in [3.05, 3.63) is 29.8 Å². The molecule has 2 N–H and O–H groups in total. The molecule has 0 spiro atoms. The van der Waals surface area contributed by atoms with Gasteiger partial charge in [-0.25, -0.2) is 26.3 Å². The number of benzene rings is 1. The van der Waals surface area contributed by atoms with Crippen molar-refractivity contribution in [3.63, 3.8) is 0 Å². The molecular formula is C17H27N3O6S2. The topological polar surface area (TPSA) is 122 Å². The predicted molar refractivity (Wildman–Crippen MR) is 105 cm³/mol. The van der Waals surface area contributed by atoms with Gasteiger partial charge in [0.15, 0.2) is 0 Å². The maximum Gasteiger partial charge on any atom is 0.254 e. The van der Waals surface area contributed by atoms with Crippen molar-refractivity contribution in [2.75, 3.05) is 39.6 Å². The Kier molecular flexibility index (Phi) is 7.96. The maximum absolute atomic E-state index is 12.9. The fraction of sp³-hybridized carbons (Fsp3) is 0.588. The second-order valence-electron chi connectivity index (χ2n) is 6.68. The number of piperidine rings is 1. The molecule has 1 amide bonds. The van der Waals surface area contributed by atoms with Gasteiger partial charge in [0, 0.05) is 38.3 Å². The Morgan fingerprint density at radius 3 is 2.43 bits per heavy atom. The fourth-order valence-electron chi connectivity index (χ4n) is 3.03. The number of amides is 1. The molecule has 1 aromatic rings. The van der Waals surface area contributed by atoms with Crippen LogP contribution in [0, 0.1) is 0 Å². The van der Waals surface area contributed by atoms with Crippen LogP contribution in [0.5, 0.6) is 0 Å². The largest absolute Gasteiger partial charge is 0.383 e. The molecule has 1 aliphatic rings. The summed E-state index contributed by atoms with van der Waals surface area (Å²) >= 11 is 0. The molecule has 1 aromatic carbocycles. The molecule has 0 aliphatic carbocycles. The highest BCUT2D eigenvalue weighted by molar-refractivity contribution is 7.89. The van der Waals surface area contributed by atoms with E-state index in [1.54, 1.807) is 4.90 Å². The van der Waals surface area contributed by atoms with Crippen LogP contribution in [0.1, 0.15) is 29.6 Å². The molecule has 28 heavy (non-hydrogen) atoms. The highest BCUT2D eigenvalue weighted by atomic mass is 32.2. The van der Waals surface area contributed by atoms with Gasteiger partial charge in [-0.3, -0.25) is 4.79 Å². The molecule has 0 aromatic heterocycles. The molecule has 0 unspecified atom stereocenters. The Bertz CT molecular complexity index is 869. The van der Waals surface area contributed by atoms with Crippen molar-refractivity contribution < 1.29 is 26.4 Å². The second kappa shape index (κ2) is 9.79. The van der Waals surface area contributed by atoms with Gasteiger partial charge >= 0.3 is 0 Å². The molecule has 0 bridgehead atoms. The van der Waals surface area contributed by atoms with E-state index >= 15 is 0 Å². The number of sulfonamides is 2. The third kappa shape index (κ3) is 6.52. The van der Waals surface area contributed by atoms with E-state index in [2.05, 4.69) is 9.44 Å². The standard InChI is InChI=1S/C17H27N3O6S2/c1-26-12-10-18-28(24,25)16-8-6-14(7-9-16)17(21)20-11-4-3-5-15(20)13-19-27(2,22)23/h6-9,15,18-19H,3-5,10-13H2,1-2H3/t15-/m0/s1. The summed E-state index contributed by atoms with van der Waals surface area (Å²) in [5.74, 6) is -0.240. The molecule has 1 fully saturated rings.